The molecule has 3 heterocycles. The summed E-state index contributed by atoms with van der Waals surface area (Å²) in [5.74, 6) is -1.05. The Labute approximate surface area is 167 Å². The summed E-state index contributed by atoms with van der Waals surface area (Å²) >= 11 is 0. The van der Waals surface area contributed by atoms with E-state index in [1.54, 1.807) is 25.4 Å². The Morgan fingerprint density at radius 2 is 2.21 bits per heavy atom. The van der Waals surface area contributed by atoms with Crippen LogP contribution in [0.4, 0.5) is 0 Å². The first kappa shape index (κ1) is 19.2. The number of aromatic amines is 1. The third-order valence-electron chi connectivity index (χ3n) is 5.17. The molecule has 0 atom stereocenters. The molecular weight excluding hydrogens is 374 g/mol. The van der Waals surface area contributed by atoms with Gasteiger partial charge in [0.05, 0.1) is 12.7 Å². The zero-order valence-corrected chi connectivity index (χ0v) is 16.1. The van der Waals surface area contributed by atoms with Gasteiger partial charge >= 0.3 is 5.97 Å². The van der Waals surface area contributed by atoms with Gasteiger partial charge in [-0.1, -0.05) is 0 Å². The van der Waals surface area contributed by atoms with Crippen LogP contribution in [0, 0.1) is 0 Å². The van der Waals surface area contributed by atoms with Crippen molar-refractivity contribution in [1.82, 2.24) is 15.3 Å². The highest BCUT2D eigenvalue weighted by molar-refractivity contribution is 6.26. The number of aliphatic hydroxyl groups excluding tert-OH is 1. The molecule has 0 unspecified atom stereocenters. The molecule has 0 aromatic carbocycles. The SMILES string of the molecule is CCOC(=O)C1=C(N[C@H]2CC[C@@H](O)CC2)OC(=Cc2c[nH]c3ncccc23)C1=O. The fourth-order valence-corrected chi connectivity index (χ4v) is 3.66. The van der Waals surface area contributed by atoms with Crippen molar-refractivity contribution in [3.8, 4) is 0 Å². The van der Waals surface area contributed by atoms with Gasteiger partial charge in [-0.3, -0.25) is 4.79 Å². The number of carbonyl (C=O) groups excluding carboxylic acids is 2. The van der Waals surface area contributed by atoms with Crippen LogP contribution in [-0.2, 0) is 19.1 Å². The summed E-state index contributed by atoms with van der Waals surface area (Å²) in [7, 11) is 0. The number of allylic oxidation sites excluding steroid dienone is 1. The molecule has 2 aromatic heterocycles. The maximum Gasteiger partial charge on any atom is 0.347 e. The molecule has 1 saturated carbocycles. The maximum absolute atomic E-state index is 12.9. The highest BCUT2D eigenvalue weighted by Gasteiger charge is 2.38. The summed E-state index contributed by atoms with van der Waals surface area (Å²) in [6.45, 7) is 1.84. The van der Waals surface area contributed by atoms with Crippen molar-refractivity contribution >= 4 is 28.9 Å². The lowest BCUT2D eigenvalue weighted by Gasteiger charge is -2.27. The maximum atomic E-state index is 12.9. The Morgan fingerprint density at radius 1 is 1.41 bits per heavy atom. The Hall–Kier alpha value is -3.13. The molecule has 1 aliphatic carbocycles. The summed E-state index contributed by atoms with van der Waals surface area (Å²) in [5.41, 5.74) is 1.31. The molecule has 2 aliphatic rings. The summed E-state index contributed by atoms with van der Waals surface area (Å²) < 4.78 is 10.9. The van der Waals surface area contributed by atoms with Crippen LogP contribution in [0.3, 0.4) is 0 Å². The van der Waals surface area contributed by atoms with E-state index >= 15 is 0 Å². The zero-order valence-electron chi connectivity index (χ0n) is 16.1. The minimum absolute atomic E-state index is 0.0160. The van der Waals surface area contributed by atoms with Crippen molar-refractivity contribution in [2.75, 3.05) is 6.61 Å². The fraction of sp³-hybridized carbons (Fsp3) is 0.381. The number of rotatable bonds is 5. The van der Waals surface area contributed by atoms with Crippen LogP contribution in [0.2, 0.25) is 0 Å². The molecule has 8 nitrogen and oxygen atoms in total. The van der Waals surface area contributed by atoms with Crippen LogP contribution in [0.5, 0.6) is 0 Å². The normalized spacial score (nSPS) is 23.5. The van der Waals surface area contributed by atoms with Gasteiger partial charge in [-0.15, -0.1) is 0 Å². The fourth-order valence-electron chi connectivity index (χ4n) is 3.66. The van der Waals surface area contributed by atoms with Gasteiger partial charge in [0.1, 0.15) is 5.65 Å². The molecule has 0 saturated heterocycles. The molecule has 2 aromatic rings. The standard InChI is InChI=1S/C21H23N3O5/c1-2-28-21(27)17-18(26)16(10-12-11-23-19-15(12)4-3-9-22-19)29-20(17)24-13-5-7-14(25)8-6-13/h3-4,9-11,13-14,24-25H,2,5-8H2,1H3,(H,22,23)/t13-,14+. The first-order valence-electron chi connectivity index (χ1n) is 9.79. The first-order valence-corrected chi connectivity index (χ1v) is 9.79. The number of aromatic nitrogens is 2. The second-order valence-electron chi connectivity index (χ2n) is 7.16. The number of carbonyl (C=O) groups is 2. The van der Waals surface area contributed by atoms with Crippen LogP contribution in [0.15, 0.2) is 41.7 Å². The molecule has 1 fully saturated rings. The lowest BCUT2D eigenvalue weighted by molar-refractivity contribution is -0.139. The van der Waals surface area contributed by atoms with E-state index in [1.807, 2.05) is 12.1 Å². The number of esters is 1. The number of nitrogens with one attached hydrogen (secondary N) is 2. The van der Waals surface area contributed by atoms with E-state index in [0.29, 0.717) is 18.5 Å². The molecule has 29 heavy (non-hydrogen) atoms. The lowest BCUT2D eigenvalue weighted by atomic mass is 9.93. The van der Waals surface area contributed by atoms with Gasteiger partial charge in [0.25, 0.3) is 0 Å². The van der Waals surface area contributed by atoms with Gasteiger partial charge in [-0.25, -0.2) is 9.78 Å². The van der Waals surface area contributed by atoms with E-state index in [0.717, 1.165) is 23.8 Å². The molecule has 3 N–H and O–H groups in total. The Morgan fingerprint density at radius 3 is 2.97 bits per heavy atom. The second kappa shape index (κ2) is 8.08. The summed E-state index contributed by atoms with van der Waals surface area (Å²) in [5, 5.41) is 13.7. The molecule has 1 aliphatic heterocycles. The summed E-state index contributed by atoms with van der Waals surface area (Å²) in [6, 6.07) is 3.71. The molecule has 4 rings (SSSR count). The number of hydrogen-bond acceptors (Lipinski definition) is 7. The third kappa shape index (κ3) is 3.88. The van der Waals surface area contributed by atoms with E-state index in [1.165, 1.54) is 0 Å². The van der Waals surface area contributed by atoms with Gasteiger partial charge in [-0.05, 0) is 50.8 Å². The van der Waals surface area contributed by atoms with E-state index in [2.05, 4.69) is 15.3 Å². The van der Waals surface area contributed by atoms with Crippen molar-refractivity contribution in [3.05, 3.63) is 47.3 Å². The number of hydrogen-bond donors (Lipinski definition) is 3. The van der Waals surface area contributed by atoms with E-state index in [-0.39, 0.29) is 36.0 Å². The number of Topliss-reactive ketones (excluding diaryl/α,β-unsaturated/α-hetero) is 1. The summed E-state index contributed by atoms with van der Waals surface area (Å²) in [6.07, 6.45) is 7.49. The molecule has 152 valence electrons. The molecule has 0 radical (unpaired) electrons. The van der Waals surface area contributed by atoms with Crippen LogP contribution in [-0.4, -0.2) is 45.6 Å². The van der Waals surface area contributed by atoms with Gasteiger partial charge in [0, 0.05) is 29.4 Å². The Balaban J connectivity index is 1.62. The second-order valence-corrected chi connectivity index (χ2v) is 7.16. The third-order valence-corrected chi connectivity index (χ3v) is 5.17. The highest BCUT2D eigenvalue weighted by Crippen LogP contribution is 2.30. The number of fused-ring (bicyclic) bond motifs is 1. The van der Waals surface area contributed by atoms with Crippen molar-refractivity contribution in [3.63, 3.8) is 0 Å². The zero-order chi connectivity index (χ0) is 20.4. The molecule has 8 heteroatoms. The van der Waals surface area contributed by atoms with Crippen LogP contribution < -0.4 is 5.32 Å². The smallest absolute Gasteiger partial charge is 0.347 e. The predicted molar refractivity (Wildman–Crippen MR) is 105 cm³/mol. The van der Waals surface area contributed by atoms with Gasteiger partial charge in [-0.2, -0.15) is 0 Å². The van der Waals surface area contributed by atoms with Gasteiger partial charge in [0.15, 0.2) is 11.3 Å². The molecule has 0 bridgehead atoms. The van der Waals surface area contributed by atoms with Crippen LogP contribution >= 0.6 is 0 Å². The largest absolute Gasteiger partial charge is 0.462 e. The Kier molecular flexibility index (Phi) is 5.35. The van der Waals surface area contributed by atoms with Crippen LogP contribution in [0.25, 0.3) is 17.1 Å². The number of pyridine rings is 1. The van der Waals surface area contributed by atoms with E-state index in [9.17, 15) is 14.7 Å². The molecule has 0 spiro atoms. The average Bonchev–Trinajstić information content (AvgIpc) is 3.25. The van der Waals surface area contributed by atoms with E-state index < -0.39 is 11.8 Å². The topological polar surface area (TPSA) is 114 Å². The van der Waals surface area contributed by atoms with Crippen molar-refractivity contribution < 1.29 is 24.2 Å². The van der Waals surface area contributed by atoms with E-state index in [4.69, 9.17) is 9.47 Å². The first-order chi connectivity index (χ1) is 14.1. The van der Waals surface area contributed by atoms with Crippen molar-refractivity contribution in [1.29, 1.82) is 0 Å². The minimum atomic E-state index is -0.708. The number of nitrogens with zero attached hydrogens (tertiary/aromatic N) is 1. The lowest BCUT2D eigenvalue weighted by Crippen LogP contribution is -2.35. The molecule has 0 amide bonds. The van der Waals surface area contributed by atoms with Crippen molar-refractivity contribution in [2.24, 2.45) is 0 Å². The van der Waals surface area contributed by atoms with Crippen LogP contribution in [0.1, 0.15) is 38.2 Å². The average molecular weight is 397 g/mol. The minimum Gasteiger partial charge on any atom is -0.462 e. The highest BCUT2D eigenvalue weighted by atomic mass is 16.5. The number of ether oxygens (including phenoxy) is 2. The van der Waals surface area contributed by atoms with Gasteiger partial charge in [0.2, 0.25) is 11.7 Å². The number of ketones is 1. The van der Waals surface area contributed by atoms with Crippen molar-refractivity contribution in [2.45, 2.75) is 44.8 Å². The number of aliphatic hydroxyl groups is 1. The molecular formula is C21H23N3O5. The predicted octanol–water partition coefficient (Wildman–Crippen LogP) is 2.17. The summed E-state index contributed by atoms with van der Waals surface area (Å²) in [4.78, 5) is 32.6. The number of H-pyrrole nitrogens is 1. The quantitative estimate of drug-likeness (QED) is 0.402. The van der Waals surface area contributed by atoms with Gasteiger partial charge < -0.3 is 24.9 Å². The monoisotopic (exact) mass is 397 g/mol. The Bertz CT molecular complexity index is 999.